The maximum absolute atomic E-state index is 12.6. The van der Waals surface area contributed by atoms with Crippen molar-refractivity contribution in [2.24, 2.45) is 0 Å². The lowest BCUT2D eigenvalue weighted by molar-refractivity contribution is -0.115. The van der Waals surface area contributed by atoms with Crippen molar-refractivity contribution in [3.05, 3.63) is 47.2 Å². The molecular weight excluding hydrogens is 396 g/mol. The molecule has 1 heterocycles. The first-order valence-electron chi connectivity index (χ1n) is 8.44. The first-order chi connectivity index (χ1) is 13.1. The van der Waals surface area contributed by atoms with Crippen LogP contribution in [-0.2, 0) is 14.8 Å². The Morgan fingerprint density at radius 2 is 1.96 bits per heavy atom. The Bertz CT molecular complexity index is 1040. The number of amides is 1. The van der Waals surface area contributed by atoms with Gasteiger partial charge in [-0.3, -0.25) is 4.79 Å². The number of carbonyl (C=O) groups is 1. The number of sulfonamides is 1. The molecule has 1 atom stereocenters. The third kappa shape index (κ3) is 4.90. The average molecular weight is 419 g/mol. The molecule has 1 aromatic carbocycles. The van der Waals surface area contributed by atoms with Gasteiger partial charge in [0.05, 0.1) is 15.7 Å². The van der Waals surface area contributed by atoms with E-state index in [0.717, 1.165) is 15.6 Å². The van der Waals surface area contributed by atoms with Crippen molar-refractivity contribution < 1.29 is 13.2 Å². The molecule has 0 saturated heterocycles. The molecule has 0 spiro atoms. The molecule has 148 valence electrons. The van der Waals surface area contributed by atoms with E-state index in [9.17, 15) is 18.5 Å². The minimum absolute atomic E-state index is 0.0957. The molecule has 0 aliphatic carbocycles. The van der Waals surface area contributed by atoms with E-state index in [0.29, 0.717) is 16.3 Å². The minimum Gasteiger partial charge on any atom is -0.325 e. The Morgan fingerprint density at radius 1 is 1.29 bits per heavy atom. The number of hydrogen-bond donors (Lipinski definition) is 1. The van der Waals surface area contributed by atoms with Crippen LogP contribution in [-0.4, -0.2) is 43.0 Å². The van der Waals surface area contributed by atoms with E-state index in [1.807, 2.05) is 19.9 Å². The average Bonchev–Trinajstić information content (AvgIpc) is 2.61. The van der Waals surface area contributed by atoms with Gasteiger partial charge in [-0.25, -0.2) is 17.7 Å². The Hall–Kier alpha value is -2.41. The second-order valence-corrected chi connectivity index (χ2v) is 9.92. The number of benzene rings is 1. The van der Waals surface area contributed by atoms with E-state index in [1.165, 1.54) is 38.0 Å². The number of aromatic nitrogens is 1. The molecule has 1 unspecified atom stereocenters. The summed E-state index contributed by atoms with van der Waals surface area (Å²) >= 11 is 1.19. The molecule has 28 heavy (non-hydrogen) atoms. The van der Waals surface area contributed by atoms with Crippen molar-refractivity contribution in [1.82, 2.24) is 9.29 Å². The quantitative estimate of drug-likeness (QED) is 0.724. The van der Waals surface area contributed by atoms with E-state index in [2.05, 4.69) is 16.4 Å². The van der Waals surface area contributed by atoms with Crippen LogP contribution in [0, 0.1) is 25.2 Å². The van der Waals surface area contributed by atoms with Crippen LogP contribution in [0.4, 0.5) is 5.69 Å². The van der Waals surface area contributed by atoms with Crippen LogP contribution in [0.5, 0.6) is 0 Å². The molecule has 1 amide bonds. The zero-order chi connectivity index (χ0) is 21.1. The Labute approximate surface area is 169 Å². The van der Waals surface area contributed by atoms with Crippen LogP contribution in [0.15, 0.2) is 40.3 Å². The van der Waals surface area contributed by atoms with Crippen molar-refractivity contribution in [1.29, 1.82) is 5.26 Å². The molecule has 0 saturated carbocycles. The van der Waals surface area contributed by atoms with Crippen molar-refractivity contribution >= 4 is 33.4 Å². The lowest BCUT2D eigenvalue weighted by Crippen LogP contribution is -2.24. The predicted octanol–water partition coefficient (Wildman–Crippen LogP) is 2.94. The highest BCUT2D eigenvalue weighted by molar-refractivity contribution is 8.00. The molecule has 0 aliphatic rings. The zero-order valence-electron chi connectivity index (χ0n) is 16.3. The van der Waals surface area contributed by atoms with Crippen LogP contribution >= 0.6 is 11.8 Å². The maximum atomic E-state index is 12.6. The molecule has 2 aromatic rings. The highest BCUT2D eigenvalue weighted by Crippen LogP contribution is 2.28. The van der Waals surface area contributed by atoms with E-state index in [4.69, 9.17) is 0 Å². The molecule has 0 bridgehead atoms. The summed E-state index contributed by atoms with van der Waals surface area (Å²) in [6, 6.07) is 10.0. The van der Waals surface area contributed by atoms with Crippen LogP contribution in [0.25, 0.3) is 0 Å². The summed E-state index contributed by atoms with van der Waals surface area (Å²) in [6.07, 6.45) is 0. The van der Waals surface area contributed by atoms with Gasteiger partial charge < -0.3 is 5.32 Å². The van der Waals surface area contributed by atoms with Crippen molar-refractivity contribution in [3.63, 3.8) is 0 Å². The number of aryl methyl sites for hydroxylation is 2. The Balaban J connectivity index is 2.20. The van der Waals surface area contributed by atoms with Gasteiger partial charge in [0.25, 0.3) is 0 Å². The number of nitriles is 1. The van der Waals surface area contributed by atoms with Gasteiger partial charge in [0.1, 0.15) is 11.1 Å². The monoisotopic (exact) mass is 418 g/mol. The van der Waals surface area contributed by atoms with Gasteiger partial charge in [0, 0.05) is 25.5 Å². The standard InChI is InChI=1S/C19H22N4O3S2/c1-12-9-13(2)21-19(17(12)11-20)27-14(3)18(24)22-15-7-6-8-16(10-15)28(25,26)23(4)5/h6-10,14H,1-5H3,(H,22,24). The molecule has 0 aliphatic heterocycles. The normalized spacial score (nSPS) is 12.5. The summed E-state index contributed by atoms with van der Waals surface area (Å²) in [4.78, 5) is 17.0. The summed E-state index contributed by atoms with van der Waals surface area (Å²) in [5.74, 6) is -0.311. The fourth-order valence-electron chi connectivity index (χ4n) is 2.43. The number of rotatable bonds is 6. The molecule has 1 aromatic heterocycles. The minimum atomic E-state index is -3.59. The fraction of sp³-hybridized carbons (Fsp3) is 0.316. The van der Waals surface area contributed by atoms with Gasteiger partial charge in [-0.2, -0.15) is 5.26 Å². The number of nitrogens with one attached hydrogen (secondary N) is 1. The molecule has 1 N–H and O–H groups in total. The summed E-state index contributed by atoms with van der Waals surface area (Å²) < 4.78 is 25.6. The molecule has 0 fully saturated rings. The van der Waals surface area contributed by atoms with Crippen LogP contribution in [0.1, 0.15) is 23.7 Å². The highest BCUT2D eigenvalue weighted by Gasteiger charge is 2.21. The summed E-state index contributed by atoms with van der Waals surface area (Å²) in [5.41, 5.74) is 2.42. The van der Waals surface area contributed by atoms with Gasteiger partial charge in [0.15, 0.2) is 0 Å². The highest BCUT2D eigenvalue weighted by atomic mass is 32.2. The number of hydrogen-bond acceptors (Lipinski definition) is 6. The van der Waals surface area contributed by atoms with E-state index in [-0.39, 0.29) is 10.8 Å². The topological polar surface area (TPSA) is 103 Å². The SMILES string of the molecule is Cc1cc(C)c(C#N)c(SC(C)C(=O)Nc2cccc(S(=O)(=O)N(C)C)c2)n1. The van der Waals surface area contributed by atoms with Crippen LogP contribution < -0.4 is 5.32 Å². The third-order valence-electron chi connectivity index (χ3n) is 3.96. The summed E-state index contributed by atoms with van der Waals surface area (Å²) in [6.45, 7) is 5.37. The lowest BCUT2D eigenvalue weighted by Gasteiger charge is -2.15. The van der Waals surface area contributed by atoms with Crippen LogP contribution in [0.2, 0.25) is 0 Å². The Morgan fingerprint density at radius 3 is 2.57 bits per heavy atom. The fourth-order valence-corrected chi connectivity index (χ4v) is 4.40. The number of nitrogens with zero attached hydrogens (tertiary/aromatic N) is 3. The van der Waals surface area contributed by atoms with Gasteiger partial charge in [-0.1, -0.05) is 17.8 Å². The zero-order valence-corrected chi connectivity index (χ0v) is 18.0. The number of anilines is 1. The van der Waals surface area contributed by atoms with E-state index < -0.39 is 15.3 Å². The summed E-state index contributed by atoms with van der Waals surface area (Å²) in [7, 11) is -0.697. The second kappa shape index (κ2) is 8.73. The van der Waals surface area contributed by atoms with Crippen molar-refractivity contribution in [2.75, 3.05) is 19.4 Å². The molecule has 2 rings (SSSR count). The van der Waals surface area contributed by atoms with Gasteiger partial charge >= 0.3 is 0 Å². The van der Waals surface area contributed by atoms with Crippen molar-refractivity contribution in [3.8, 4) is 6.07 Å². The molecule has 7 nitrogen and oxygen atoms in total. The first kappa shape index (κ1) is 21.9. The summed E-state index contributed by atoms with van der Waals surface area (Å²) in [5, 5.41) is 12.1. The Kier molecular flexibility index (Phi) is 6.82. The number of pyridine rings is 1. The van der Waals surface area contributed by atoms with Gasteiger partial charge in [0.2, 0.25) is 15.9 Å². The van der Waals surface area contributed by atoms with Gasteiger partial charge in [-0.15, -0.1) is 0 Å². The van der Waals surface area contributed by atoms with E-state index >= 15 is 0 Å². The molecule has 9 heteroatoms. The maximum Gasteiger partial charge on any atom is 0.242 e. The first-order valence-corrected chi connectivity index (χ1v) is 10.8. The number of carbonyl (C=O) groups excluding carboxylic acids is 1. The molecular formula is C19H22N4O3S2. The largest absolute Gasteiger partial charge is 0.325 e. The van der Waals surface area contributed by atoms with Gasteiger partial charge in [-0.05, 0) is 50.6 Å². The second-order valence-electron chi connectivity index (χ2n) is 6.44. The third-order valence-corrected chi connectivity index (χ3v) is 6.86. The van der Waals surface area contributed by atoms with Crippen LogP contribution in [0.3, 0.4) is 0 Å². The predicted molar refractivity (Wildman–Crippen MR) is 110 cm³/mol. The van der Waals surface area contributed by atoms with Crippen molar-refractivity contribution in [2.45, 2.75) is 35.9 Å². The molecule has 0 radical (unpaired) electrons. The smallest absolute Gasteiger partial charge is 0.242 e. The lowest BCUT2D eigenvalue weighted by atomic mass is 10.1. The van der Waals surface area contributed by atoms with E-state index in [1.54, 1.807) is 19.1 Å². The number of thioether (sulfide) groups is 1.